The Hall–Kier alpha value is -2.67. The van der Waals surface area contributed by atoms with E-state index in [0.29, 0.717) is 30.6 Å². The van der Waals surface area contributed by atoms with E-state index >= 15 is 0 Å². The molecule has 2 aliphatic carbocycles. The molecule has 2 heterocycles. The quantitative estimate of drug-likeness (QED) is 0.543. The van der Waals surface area contributed by atoms with Crippen LogP contribution in [0.1, 0.15) is 68.5 Å². The van der Waals surface area contributed by atoms with Crippen LogP contribution in [0.25, 0.3) is 11.2 Å². The monoisotopic (exact) mass is 419 g/mol. The lowest BCUT2D eigenvalue weighted by atomic mass is 9.92. The lowest BCUT2D eigenvalue weighted by molar-refractivity contribution is 0.410. The zero-order valence-corrected chi connectivity index (χ0v) is 18.3. The second-order valence-electron chi connectivity index (χ2n) is 9.19. The number of nitrogens with zero attached hydrogens (tertiary/aromatic N) is 4. The van der Waals surface area contributed by atoms with Gasteiger partial charge in [-0.25, -0.2) is 4.98 Å². The van der Waals surface area contributed by atoms with E-state index in [2.05, 4.69) is 46.4 Å². The fraction of sp³-hybridized carbons (Fsp3) is 0.542. The lowest BCUT2D eigenvalue weighted by Gasteiger charge is -2.27. The van der Waals surface area contributed by atoms with Crippen LogP contribution in [0.3, 0.4) is 0 Å². The van der Waals surface area contributed by atoms with Crippen molar-refractivity contribution in [2.45, 2.75) is 83.0 Å². The largest absolute Gasteiger partial charge is 0.364 e. The summed E-state index contributed by atoms with van der Waals surface area (Å²) in [5, 5.41) is 7.14. The summed E-state index contributed by atoms with van der Waals surface area (Å²) in [5.41, 5.74) is 10.4. The molecule has 4 N–H and O–H groups in total. The highest BCUT2D eigenvalue weighted by Crippen LogP contribution is 2.33. The first-order valence-corrected chi connectivity index (χ1v) is 11.7. The van der Waals surface area contributed by atoms with Gasteiger partial charge in [-0.05, 0) is 56.6 Å². The van der Waals surface area contributed by atoms with Gasteiger partial charge in [-0.1, -0.05) is 37.1 Å². The molecule has 0 saturated heterocycles. The van der Waals surface area contributed by atoms with E-state index in [4.69, 9.17) is 20.7 Å². The van der Waals surface area contributed by atoms with Crippen LogP contribution in [0, 0.1) is 6.92 Å². The molecule has 0 bridgehead atoms. The third-order valence-electron chi connectivity index (χ3n) is 6.95. The number of nitrogens with one attached hydrogen (secondary N) is 2. The molecule has 7 nitrogen and oxygen atoms in total. The topological polar surface area (TPSA) is 93.7 Å². The minimum atomic E-state index is 0.330. The first-order valence-electron chi connectivity index (χ1n) is 11.7. The van der Waals surface area contributed by atoms with Crippen LogP contribution < -0.4 is 16.4 Å². The van der Waals surface area contributed by atoms with Crippen molar-refractivity contribution in [2.75, 3.05) is 10.6 Å². The highest BCUT2D eigenvalue weighted by Gasteiger charge is 2.23. The number of hydrogen-bond donors (Lipinski definition) is 3. The lowest BCUT2D eigenvalue weighted by Crippen LogP contribution is -2.33. The Kier molecular flexibility index (Phi) is 5.76. The molecule has 7 heteroatoms. The number of nitrogens with two attached hydrogens (primary N) is 1. The second-order valence-corrected chi connectivity index (χ2v) is 9.19. The van der Waals surface area contributed by atoms with E-state index in [1.807, 2.05) is 6.33 Å². The van der Waals surface area contributed by atoms with Gasteiger partial charge in [-0.3, -0.25) is 0 Å². The molecule has 0 atom stereocenters. The van der Waals surface area contributed by atoms with Crippen LogP contribution in [0.15, 0.2) is 30.6 Å². The number of aryl methyl sites for hydroxylation is 1. The van der Waals surface area contributed by atoms with E-state index in [9.17, 15) is 0 Å². The highest BCUT2D eigenvalue weighted by atomic mass is 15.2. The summed E-state index contributed by atoms with van der Waals surface area (Å²) in [4.78, 5) is 14.5. The van der Waals surface area contributed by atoms with E-state index in [1.54, 1.807) is 0 Å². The van der Waals surface area contributed by atoms with Crippen molar-refractivity contribution < 1.29 is 0 Å². The highest BCUT2D eigenvalue weighted by molar-refractivity contribution is 5.84. The molecule has 0 unspecified atom stereocenters. The van der Waals surface area contributed by atoms with Gasteiger partial charge < -0.3 is 20.9 Å². The molecule has 5 rings (SSSR count). The van der Waals surface area contributed by atoms with Gasteiger partial charge in [0.2, 0.25) is 5.95 Å². The first kappa shape index (κ1) is 20.2. The van der Waals surface area contributed by atoms with Crippen LogP contribution in [0.4, 0.5) is 11.8 Å². The predicted molar refractivity (Wildman–Crippen MR) is 125 cm³/mol. The Balaban J connectivity index is 1.45. The molecule has 2 saturated carbocycles. The Labute approximate surface area is 183 Å². The fourth-order valence-corrected chi connectivity index (χ4v) is 4.99. The van der Waals surface area contributed by atoms with E-state index < -0.39 is 0 Å². The minimum Gasteiger partial charge on any atom is -0.364 e. The van der Waals surface area contributed by atoms with Crippen LogP contribution in [0.2, 0.25) is 0 Å². The maximum atomic E-state index is 6.09. The summed E-state index contributed by atoms with van der Waals surface area (Å²) in [7, 11) is 0. The van der Waals surface area contributed by atoms with Crippen molar-refractivity contribution in [3.05, 3.63) is 41.7 Å². The third kappa shape index (κ3) is 4.37. The van der Waals surface area contributed by atoms with Crippen molar-refractivity contribution in [3.63, 3.8) is 0 Å². The molecule has 0 radical (unpaired) electrons. The SMILES string of the molecule is Cc1ccccc1CNc1nc(NC2CCC(N)CC2)nc2c1ncn2C1CCCC1. The number of aromatic nitrogens is 4. The maximum absolute atomic E-state index is 6.09. The number of benzene rings is 1. The van der Waals surface area contributed by atoms with Gasteiger partial charge >= 0.3 is 0 Å². The molecule has 164 valence electrons. The number of anilines is 2. The van der Waals surface area contributed by atoms with Gasteiger partial charge in [0.25, 0.3) is 0 Å². The Morgan fingerprint density at radius 2 is 1.81 bits per heavy atom. The molecule has 0 spiro atoms. The predicted octanol–water partition coefficient (Wildman–Crippen LogP) is 4.54. The van der Waals surface area contributed by atoms with Crippen LogP contribution in [0.5, 0.6) is 0 Å². The molecular formula is C24H33N7. The van der Waals surface area contributed by atoms with Gasteiger partial charge in [0.1, 0.15) is 0 Å². The summed E-state index contributed by atoms with van der Waals surface area (Å²) in [6.07, 6.45) is 11.2. The van der Waals surface area contributed by atoms with Crippen molar-refractivity contribution in [3.8, 4) is 0 Å². The summed E-state index contributed by atoms with van der Waals surface area (Å²) >= 11 is 0. The molecule has 1 aromatic carbocycles. The molecule has 3 aromatic rings. The number of imidazole rings is 1. The Morgan fingerprint density at radius 3 is 2.58 bits per heavy atom. The number of fused-ring (bicyclic) bond motifs is 1. The Bertz CT molecular complexity index is 1030. The smallest absolute Gasteiger partial charge is 0.227 e. The third-order valence-corrected chi connectivity index (χ3v) is 6.95. The number of rotatable bonds is 6. The summed E-state index contributed by atoms with van der Waals surface area (Å²) in [6, 6.07) is 9.65. The molecule has 31 heavy (non-hydrogen) atoms. The first-order chi connectivity index (χ1) is 15.2. The van der Waals surface area contributed by atoms with E-state index in [0.717, 1.165) is 42.7 Å². The van der Waals surface area contributed by atoms with Crippen LogP contribution >= 0.6 is 0 Å². The van der Waals surface area contributed by atoms with E-state index in [1.165, 1.54) is 36.8 Å². The van der Waals surface area contributed by atoms with Crippen LogP contribution in [-0.4, -0.2) is 31.6 Å². The zero-order valence-electron chi connectivity index (χ0n) is 18.3. The van der Waals surface area contributed by atoms with Crippen molar-refractivity contribution in [1.29, 1.82) is 0 Å². The van der Waals surface area contributed by atoms with Crippen molar-refractivity contribution >= 4 is 22.9 Å². The normalized spacial score (nSPS) is 22.1. The maximum Gasteiger partial charge on any atom is 0.227 e. The molecule has 2 aromatic heterocycles. The van der Waals surface area contributed by atoms with Gasteiger partial charge in [0.15, 0.2) is 17.0 Å². The fourth-order valence-electron chi connectivity index (χ4n) is 4.99. The summed E-state index contributed by atoms with van der Waals surface area (Å²) in [5.74, 6) is 1.50. The molecule has 2 fully saturated rings. The molecule has 0 aliphatic heterocycles. The number of hydrogen-bond acceptors (Lipinski definition) is 6. The minimum absolute atomic E-state index is 0.330. The van der Waals surface area contributed by atoms with Crippen molar-refractivity contribution in [1.82, 2.24) is 19.5 Å². The summed E-state index contributed by atoms with van der Waals surface area (Å²) < 4.78 is 2.27. The van der Waals surface area contributed by atoms with Crippen LogP contribution in [-0.2, 0) is 6.54 Å². The molecule has 0 amide bonds. The van der Waals surface area contributed by atoms with Gasteiger partial charge in [0, 0.05) is 24.7 Å². The van der Waals surface area contributed by atoms with E-state index in [-0.39, 0.29) is 0 Å². The molecule has 2 aliphatic rings. The standard InChI is InChI=1S/C24H33N7/c1-16-6-2-3-7-17(16)14-26-22-21-23(31(15-27-21)20-8-4-5-9-20)30-24(29-22)28-19-12-10-18(25)11-13-19/h2-3,6-7,15,18-20H,4-5,8-14,25H2,1H3,(H2,26,28,29,30). The average Bonchev–Trinajstić information content (AvgIpc) is 3.44. The molecular weight excluding hydrogens is 386 g/mol. The van der Waals surface area contributed by atoms with Gasteiger partial charge in [-0.2, -0.15) is 9.97 Å². The zero-order chi connectivity index (χ0) is 21.2. The van der Waals surface area contributed by atoms with Crippen molar-refractivity contribution in [2.24, 2.45) is 5.73 Å². The Morgan fingerprint density at radius 1 is 1.03 bits per heavy atom. The van der Waals surface area contributed by atoms with Gasteiger partial charge in [0.05, 0.1) is 6.33 Å². The van der Waals surface area contributed by atoms with Gasteiger partial charge in [-0.15, -0.1) is 0 Å². The summed E-state index contributed by atoms with van der Waals surface area (Å²) in [6.45, 7) is 2.86. The average molecular weight is 420 g/mol. The second kappa shape index (κ2) is 8.83.